The number of fused-ring (bicyclic) bond motifs is 1. The van der Waals surface area contributed by atoms with Crippen molar-refractivity contribution in [2.24, 2.45) is 5.92 Å². The largest absolute Gasteiger partial charge is 0.481 e. The molecule has 4 rings (SSSR count). The molecule has 0 saturated carbocycles. The third kappa shape index (κ3) is 4.51. The molecule has 1 unspecified atom stereocenters. The zero-order valence-corrected chi connectivity index (χ0v) is 19.2. The Bertz CT molecular complexity index is 1160. The van der Waals surface area contributed by atoms with Crippen molar-refractivity contribution in [2.45, 2.75) is 25.7 Å². The van der Waals surface area contributed by atoms with Crippen molar-refractivity contribution < 1.29 is 24.3 Å². The molecule has 2 aromatic rings. The van der Waals surface area contributed by atoms with Gasteiger partial charge in [-0.15, -0.1) is 0 Å². The first-order chi connectivity index (χ1) is 16.3. The number of likely N-dealkylation sites (tertiary alicyclic amines) is 1. The monoisotopic (exact) mass is 460 g/mol. The average molecular weight is 461 g/mol. The summed E-state index contributed by atoms with van der Waals surface area (Å²) in [6.45, 7) is 7.02. The van der Waals surface area contributed by atoms with Crippen molar-refractivity contribution in [2.75, 3.05) is 26.2 Å². The van der Waals surface area contributed by atoms with E-state index in [2.05, 4.69) is 6.58 Å². The topological polar surface area (TPSA) is 95.0 Å². The summed E-state index contributed by atoms with van der Waals surface area (Å²) in [6.07, 6.45) is 2.83. The molecule has 2 aliphatic rings. The van der Waals surface area contributed by atoms with Gasteiger partial charge in [-0.2, -0.15) is 0 Å². The van der Waals surface area contributed by atoms with Gasteiger partial charge in [-0.1, -0.05) is 36.9 Å². The van der Waals surface area contributed by atoms with E-state index in [1.165, 1.54) is 6.08 Å². The second-order valence-corrected chi connectivity index (χ2v) is 8.97. The van der Waals surface area contributed by atoms with E-state index in [1.54, 1.807) is 53.1 Å². The molecule has 1 saturated heterocycles. The minimum absolute atomic E-state index is 0.0551. The molecule has 0 spiro atoms. The second kappa shape index (κ2) is 9.63. The fraction of sp³-hybridized carbons (Fsp3) is 0.333. The van der Waals surface area contributed by atoms with E-state index in [0.29, 0.717) is 47.5 Å². The summed E-state index contributed by atoms with van der Waals surface area (Å²) in [7, 11) is 0. The molecule has 2 heterocycles. The van der Waals surface area contributed by atoms with Gasteiger partial charge in [0.05, 0.1) is 0 Å². The van der Waals surface area contributed by atoms with E-state index in [1.807, 2.05) is 6.07 Å². The van der Waals surface area contributed by atoms with Crippen molar-refractivity contribution in [1.29, 1.82) is 0 Å². The quantitative estimate of drug-likeness (QED) is 0.525. The lowest BCUT2D eigenvalue weighted by atomic mass is 9.85. The number of carbonyl (C=O) groups is 4. The van der Waals surface area contributed by atoms with E-state index < -0.39 is 11.9 Å². The fourth-order valence-electron chi connectivity index (χ4n) is 4.96. The van der Waals surface area contributed by atoms with Crippen LogP contribution in [0.25, 0.3) is 11.1 Å². The van der Waals surface area contributed by atoms with Crippen molar-refractivity contribution >= 4 is 23.6 Å². The Labute approximate surface area is 198 Å². The summed E-state index contributed by atoms with van der Waals surface area (Å²) >= 11 is 0. The number of ketones is 1. The third-order valence-corrected chi connectivity index (χ3v) is 6.87. The Kier molecular flexibility index (Phi) is 6.63. The minimum Gasteiger partial charge on any atom is -0.481 e. The van der Waals surface area contributed by atoms with Crippen LogP contribution in [0.5, 0.6) is 0 Å². The van der Waals surface area contributed by atoms with Gasteiger partial charge in [0, 0.05) is 44.2 Å². The Morgan fingerprint density at radius 2 is 1.79 bits per heavy atom. The van der Waals surface area contributed by atoms with Gasteiger partial charge >= 0.3 is 5.97 Å². The lowest BCUT2D eigenvalue weighted by Crippen LogP contribution is -2.46. The van der Waals surface area contributed by atoms with Gasteiger partial charge in [0.15, 0.2) is 5.78 Å². The number of hydrogen-bond donors (Lipinski definition) is 1. The van der Waals surface area contributed by atoms with Gasteiger partial charge in [0.2, 0.25) is 5.91 Å². The van der Waals surface area contributed by atoms with Gasteiger partial charge in [-0.25, -0.2) is 0 Å². The van der Waals surface area contributed by atoms with Crippen LogP contribution in [0.1, 0.15) is 52.0 Å². The number of aliphatic carboxylic acids is 1. The number of benzene rings is 2. The van der Waals surface area contributed by atoms with Gasteiger partial charge < -0.3 is 14.9 Å². The van der Waals surface area contributed by atoms with E-state index in [4.69, 9.17) is 0 Å². The zero-order valence-electron chi connectivity index (χ0n) is 19.2. The molecule has 0 radical (unpaired) electrons. The second-order valence-electron chi connectivity index (χ2n) is 8.97. The first-order valence-corrected chi connectivity index (χ1v) is 11.5. The molecule has 7 heteroatoms. The normalized spacial score (nSPS) is 18.4. The number of amides is 2. The number of piperidine rings is 1. The number of carboxylic acids is 1. The Morgan fingerprint density at radius 3 is 2.44 bits per heavy atom. The van der Waals surface area contributed by atoms with Crippen LogP contribution in [0, 0.1) is 5.92 Å². The number of carbonyl (C=O) groups excluding carboxylic acids is 3. The van der Waals surface area contributed by atoms with Gasteiger partial charge in [-0.05, 0) is 53.7 Å². The van der Waals surface area contributed by atoms with Crippen LogP contribution < -0.4 is 0 Å². The molecular formula is C27H28N2O5. The number of nitrogens with zero attached hydrogens (tertiary/aromatic N) is 2. The molecule has 2 amide bonds. The average Bonchev–Trinajstić information content (AvgIpc) is 2.85. The predicted octanol–water partition coefficient (Wildman–Crippen LogP) is 3.60. The van der Waals surface area contributed by atoms with E-state index in [0.717, 1.165) is 12.8 Å². The van der Waals surface area contributed by atoms with Crippen LogP contribution in [0.4, 0.5) is 0 Å². The molecule has 176 valence electrons. The van der Waals surface area contributed by atoms with Crippen LogP contribution in [0.3, 0.4) is 0 Å². The molecule has 1 fully saturated rings. The molecular weight excluding hydrogens is 432 g/mol. The smallest absolute Gasteiger partial charge is 0.312 e. The van der Waals surface area contributed by atoms with Crippen LogP contribution in [-0.4, -0.2) is 64.7 Å². The highest BCUT2D eigenvalue weighted by Crippen LogP contribution is 2.35. The van der Waals surface area contributed by atoms with Crippen molar-refractivity contribution in [1.82, 2.24) is 9.80 Å². The number of rotatable bonds is 6. The van der Waals surface area contributed by atoms with E-state index in [9.17, 15) is 24.3 Å². The van der Waals surface area contributed by atoms with Gasteiger partial charge in [-0.3, -0.25) is 19.2 Å². The molecule has 1 N–H and O–H groups in total. The number of allylic oxidation sites excluding steroid dienone is 1. The Balaban J connectivity index is 1.62. The zero-order chi connectivity index (χ0) is 24.4. The highest BCUT2D eigenvalue weighted by Gasteiger charge is 2.37. The minimum atomic E-state index is -0.988. The first-order valence-electron chi connectivity index (χ1n) is 11.5. The molecule has 2 aromatic carbocycles. The first kappa shape index (κ1) is 23.4. The molecule has 7 nitrogen and oxygen atoms in total. The third-order valence-electron chi connectivity index (χ3n) is 6.87. The standard InChI is InChI=1S/C27H28N2O5/c1-3-25(31)21-7-5-4-6-20(21)19-8-9-22-23(14-19)24(27(33)34)16-29(26(22)32)15-18-10-12-28(13-11-18)17(2)30/h3-9,14,18,24H,1,10-13,15-16H2,2H3,(H,33,34). The van der Waals surface area contributed by atoms with Crippen LogP contribution in [0.2, 0.25) is 0 Å². The summed E-state index contributed by atoms with van der Waals surface area (Å²) in [5, 5.41) is 9.98. The molecule has 0 bridgehead atoms. The van der Waals surface area contributed by atoms with E-state index in [-0.39, 0.29) is 30.1 Å². The summed E-state index contributed by atoms with van der Waals surface area (Å²) in [4.78, 5) is 52.8. The molecule has 1 atom stereocenters. The Morgan fingerprint density at radius 1 is 1.09 bits per heavy atom. The fourth-order valence-corrected chi connectivity index (χ4v) is 4.96. The molecule has 34 heavy (non-hydrogen) atoms. The van der Waals surface area contributed by atoms with Crippen molar-refractivity contribution in [3.63, 3.8) is 0 Å². The molecule has 0 aromatic heterocycles. The predicted molar refractivity (Wildman–Crippen MR) is 128 cm³/mol. The Hall–Kier alpha value is -3.74. The van der Waals surface area contributed by atoms with Crippen LogP contribution >= 0.6 is 0 Å². The highest BCUT2D eigenvalue weighted by molar-refractivity contribution is 6.09. The van der Waals surface area contributed by atoms with Crippen molar-refractivity contribution in [3.8, 4) is 11.1 Å². The van der Waals surface area contributed by atoms with Gasteiger partial charge in [0.1, 0.15) is 5.92 Å². The lowest BCUT2D eigenvalue weighted by molar-refractivity contribution is -0.139. The highest BCUT2D eigenvalue weighted by atomic mass is 16.4. The lowest BCUT2D eigenvalue weighted by Gasteiger charge is -2.38. The number of hydrogen-bond acceptors (Lipinski definition) is 4. The van der Waals surface area contributed by atoms with Crippen LogP contribution in [-0.2, 0) is 9.59 Å². The van der Waals surface area contributed by atoms with E-state index >= 15 is 0 Å². The summed E-state index contributed by atoms with van der Waals surface area (Å²) in [5.41, 5.74) is 2.69. The summed E-state index contributed by atoms with van der Waals surface area (Å²) in [5.74, 6) is -1.96. The van der Waals surface area contributed by atoms with Crippen LogP contribution in [0.15, 0.2) is 55.1 Å². The molecule has 2 aliphatic heterocycles. The van der Waals surface area contributed by atoms with Crippen molar-refractivity contribution in [3.05, 3.63) is 71.8 Å². The summed E-state index contributed by atoms with van der Waals surface area (Å²) < 4.78 is 0. The maximum atomic E-state index is 13.3. The number of carboxylic acid groups (broad SMARTS) is 1. The maximum absolute atomic E-state index is 13.3. The maximum Gasteiger partial charge on any atom is 0.312 e. The summed E-state index contributed by atoms with van der Waals surface area (Å²) in [6, 6.07) is 12.2. The van der Waals surface area contributed by atoms with Gasteiger partial charge in [0.25, 0.3) is 5.91 Å². The molecule has 0 aliphatic carbocycles. The SMILES string of the molecule is C=CC(=O)c1ccccc1-c1ccc2c(c1)C(C(=O)O)CN(CC1CCN(C(C)=O)CC1)C2=O.